The number of aromatic nitrogens is 3. The summed E-state index contributed by atoms with van der Waals surface area (Å²) in [5.41, 5.74) is 1.62. The minimum atomic E-state index is -0.186. The number of nitrogens with one attached hydrogen (secondary N) is 3. The van der Waals surface area contributed by atoms with Gasteiger partial charge in [-0.15, -0.1) is 0 Å². The summed E-state index contributed by atoms with van der Waals surface area (Å²) in [4.78, 5) is 25.5. The van der Waals surface area contributed by atoms with Gasteiger partial charge in [-0.25, -0.2) is 15.0 Å². The number of nitrogens with zero attached hydrogens (tertiary/aromatic N) is 3. The molecule has 0 aliphatic rings. The van der Waals surface area contributed by atoms with Crippen LogP contribution in [0.25, 0.3) is 0 Å². The molecule has 0 aliphatic heterocycles. The van der Waals surface area contributed by atoms with E-state index in [9.17, 15) is 4.79 Å². The number of hydrogen-bond acceptors (Lipinski definition) is 7. The maximum absolute atomic E-state index is 12.4. The molecular weight excluding hydrogens is 448 g/mol. The summed E-state index contributed by atoms with van der Waals surface area (Å²) >= 11 is 3.39. The van der Waals surface area contributed by atoms with Gasteiger partial charge in [-0.2, -0.15) is 0 Å². The predicted molar refractivity (Wildman–Crippen MR) is 121 cm³/mol. The highest BCUT2D eigenvalue weighted by molar-refractivity contribution is 9.10. The van der Waals surface area contributed by atoms with Gasteiger partial charge in [-0.05, 0) is 65.7 Å². The van der Waals surface area contributed by atoms with Crippen LogP contribution in [0.4, 0.5) is 17.5 Å². The van der Waals surface area contributed by atoms with Crippen molar-refractivity contribution in [3.8, 4) is 5.75 Å². The number of pyridine rings is 1. The number of anilines is 3. The molecule has 9 heteroatoms. The highest BCUT2D eigenvalue weighted by Crippen LogP contribution is 2.22. The Morgan fingerprint density at radius 3 is 2.60 bits per heavy atom. The van der Waals surface area contributed by atoms with Crippen LogP contribution in [0.5, 0.6) is 5.75 Å². The first kappa shape index (κ1) is 21.5. The van der Waals surface area contributed by atoms with E-state index in [4.69, 9.17) is 4.74 Å². The third-order valence-electron chi connectivity index (χ3n) is 4.14. The monoisotopic (exact) mass is 470 g/mol. The Labute approximate surface area is 183 Å². The van der Waals surface area contributed by atoms with Crippen molar-refractivity contribution in [1.29, 1.82) is 0 Å². The molecule has 3 rings (SSSR count). The Bertz CT molecular complexity index is 1040. The number of benzene rings is 1. The lowest BCUT2D eigenvalue weighted by molar-refractivity contribution is 0.0954. The zero-order valence-corrected chi connectivity index (χ0v) is 18.6. The van der Waals surface area contributed by atoms with Crippen molar-refractivity contribution in [1.82, 2.24) is 20.3 Å². The van der Waals surface area contributed by atoms with Crippen LogP contribution in [0.3, 0.4) is 0 Å². The molecular formula is C21H23BrN6O2. The standard InChI is InChI=1S/C21H23BrN6O2/c1-13-6-7-23-18(10-13)28-20-12-19(26-14(2)27-20)24-8-9-25-21(29)16-11-15(30-3)4-5-17(16)22/h4-7,10-12H,8-9H2,1-3H3,(H,25,29)(H2,23,24,26,27,28). The Balaban J connectivity index is 1.56. The first-order valence-electron chi connectivity index (χ1n) is 9.35. The van der Waals surface area contributed by atoms with Crippen LogP contribution in [0.15, 0.2) is 47.1 Å². The van der Waals surface area contributed by atoms with Gasteiger partial charge >= 0.3 is 0 Å². The van der Waals surface area contributed by atoms with E-state index in [1.165, 1.54) is 0 Å². The molecule has 1 aromatic carbocycles. The molecule has 0 atom stereocenters. The van der Waals surface area contributed by atoms with Crippen LogP contribution in [0, 0.1) is 13.8 Å². The molecule has 3 N–H and O–H groups in total. The number of carbonyl (C=O) groups excluding carboxylic acids is 1. The van der Waals surface area contributed by atoms with Crippen molar-refractivity contribution in [2.75, 3.05) is 30.8 Å². The van der Waals surface area contributed by atoms with Crippen molar-refractivity contribution < 1.29 is 9.53 Å². The lowest BCUT2D eigenvalue weighted by Gasteiger charge is -2.11. The topological polar surface area (TPSA) is 101 Å². The highest BCUT2D eigenvalue weighted by Gasteiger charge is 2.11. The van der Waals surface area contributed by atoms with Crippen molar-refractivity contribution in [3.63, 3.8) is 0 Å². The molecule has 8 nitrogen and oxygen atoms in total. The van der Waals surface area contributed by atoms with Gasteiger partial charge in [0, 0.05) is 29.8 Å². The summed E-state index contributed by atoms with van der Waals surface area (Å²) in [5, 5.41) is 9.27. The number of ether oxygens (including phenoxy) is 1. The quantitative estimate of drug-likeness (QED) is 0.429. The molecule has 0 bridgehead atoms. The van der Waals surface area contributed by atoms with Crippen LogP contribution in [-0.2, 0) is 0 Å². The maximum atomic E-state index is 12.4. The van der Waals surface area contributed by atoms with Crippen molar-refractivity contribution in [2.45, 2.75) is 13.8 Å². The normalized spacial score (nSPS) is 10.4. The highest BCUT2D eigenvalue weighted by atomic mass is 79.9. The molecule has 0 aliphatic carbocycles. The third-order valence-corrected chi connectivity index (χ3v) is 4.84. The molecule has 0 unspecified atom stereocenters. The lowest BCUT2D eigenvalue weighted by Crippen LogP contribution is -2.29. The fraction of sp³-hybridized carbons (Fsp3) is 0.238. The molecule has 0 spiro atoms. The molecule has 2 heterocycles. The van der Waals surface area contributed by atoms with Crippen LogP contribution in [0.1, 0.15) is 21.7 Å². The molecule has 1 amide bonds. The second kappa shape index (κ2) is 10.0. The molecule has 30 heavy (non-hydrogen) atoms. The van der Waals surface area contributed by atoms with Crippen LogP contribution in [-0.4, -0.2) is 41.1 Å². The van der Waals surface area contributed by atoms with E-state index in [1.54, 1.807) is 37.6 Å². The second-order valence-electron chi connectivity index (χ2n) is 6.56. The van der Waals surface area contributed by atoms with E-state index in [0.717, 1.165) is 11.4 Å². The SMILES string of the molecule is COc1ccc(Br)c(C(=O)NCCNc2cc(Nc3cc(C)ccn3)nc(C)n2)c1. The van der Waals surface area contributed by atoms with E-state index in [0.29, 0.717) is 46.3 Å². The second-order valence-corrected chi connectivity index (χ2v) is 7.41. The van der Waals surface area contributed by atoms with E-state index >= 15 is 0 Å². The number of rotatable bonds is 8. The van der Waals surface area contributed by atoms with Crippen LogP contribution < -0.4 is 20.7 Å². The van der Waals surface area contributed by atoms with E-state index in [-0.39, 0.29) is 5.91 Å². The lowest BCUT2D eigenvalue weighted by atomic mass is 10.2. The zero-order chi connectivity index (χ0) is 21.5. The number of carbonyl (C=O) groups is 1. The van der Waals surface area contributed by atoms with Crippen molar-refractivity contribution >= 4 is 39.3 Å². The summed E-state index contributed by atoms with van der Waals surface area (Å²) in [6, 6.07) is 10.9. The van der Waals surface area contributed by atoms with Gasteiger partial charge in [0.15, 0.2) is 0 Å². The van der Waals surface area contributed by atoms with Gasteiger partial charge in [-0.3, -0.25) is 4.79 Å². The fourth-order valence-corrected chi connectivity index (χ4v) is 3.15. The van der Waals surface area contributed by atoms with Crippen molar-refractivity contribution in [3.05, 3.63) is 64.0 Å². The molecule has 0 radical (unpaired) electrons. The Hall–Kier alpha value is -3.20. The molecule has 0 saturated carbocycles. The van der Waals surface area contributed by atoms with Gasteiger partial charge in [0.05, 0.1) is 12.7 Å². The average molecular weight is 471 g/mol. The van der Waals surface area contributed by atoms with Crippen LogP contribution in [0.2, 0.25) is 0 Å². The minimum Gasteiger partial charge on any atom is -0.497 e. The summed E-state index contributed by atoms with van der Waals surface area (Å²) in [5.74, 6) is 3.09. The van der Waals surface area contributed by atoms with Gasteiger partial charge in [-0.1, -0.05) is 0 Å². The largest absolute Gasteiger partial charge is 0.497 e. The number of methoxy groups -OCH3 is 1. The summed E-state index contributed by atoms with van der Waals surface area (Å²) in [6.07, 6.45) is 1.74. The minimum absolute atomic E-state index is 0.186. The molecule has 3 aromatic rings. The predicted octanol–water partition coefficient (Wildman–Crippen LogP) is 3.85. The number of aryl methyl sites for hydroxylation is 2. The summed E-state index contributed by atoms with van der Waals surface area (Å²) in [7, 11) is 1.57. The summed E-state index contributed by atoms with van der Waals surface area (Å²) in [6.45, 7) is 4.76. The zero-order valence-electron chi connectivity index (χ0n) is 17.0. The van der Waals surface area contributed by atoms with E-state index in [2.05, 4.69) is 46.8 Å². The molecule has 0 fully saturated rings. The maximum Gasteiger partial charge on any atom is 0.252 e. The average Bonchev–Trinajstić information content (AvgIpc) is 2.71. The smallest absolute Gasteiger partial charge is 0.252 e. The first-order valence-corrected chi connectivity index (χ1v) is 10.1. The van der Waals surface area contributed by atoms with Crippen molar-refractivity contribution in [2.24, 2.45) is 0 Å². The van der Waals surface area contributed by atoms with Gasteiger partial charge in [0.1, 0.15) is 29.0 Å². The fourth-order valence-electron chi connectivity index (χ4n) is 2.73. The Morgan fingerprint density at radius 1 is 1.03 bits per heavy atom. The van der Waals surface area contributed by atoms with Crippen LogP contribution >= 0.6 is 15.9 Å². The van der Waals surface area contributed by atoms with Gasteiger partial charge in [0.25, 0.3) is 5.91 Å². The number of hydrogen-bond donors (Lipinski definition) is 3. The Kier molecular flexibility index (Phi) is 7.18. The number of amides is 1. The van der Waals surface area contributed by atoms with E-state index < -0.39 is 0 Å². The number of halogens is 1. The van der Waals surface area contributed by atoms with E-state index in [1.807, 2.05) is 26.0 Å². The third kappa shape index (κ3) is 5.90. The molecule has 2 aromatic heterocycles. The summed E-state index contributed by atoms with van der Waals surface area (Å²) < 4.78 is 5.89. The Morgan fingerprint density at radius 2 is 1.83 bits per heavy atom. The van der Waals surface area contributed by atoms with Gasteiger partial charge < -0.3 is 20.7 Å². The molecule has 0 saturated heterocycles. The first-order chi connectivity index (χ1) is 14.4. The molecule has 156 valence electrons. The van der Waals surface area contributed by atoms with Gasteiger partial charge in [0.2, 0.25) is 0 Å².